The molecule has 0 radical (unpaired) electrons. The van der Waals surface area contributed by atoms with Crippen LogP contribution in [0.15, 0.2) is 60.7 Å². The summed E-state index contributed by atoms with van der Waals surface area (Å²) >= 11 is 3.70. The van der Waals surface area contributed by atoms with Crippen LogP contribution in [0.1, 0.15) is 31.7 Å². The van der Waals surface area contributed by atoms with Crippen molar-refractivity contribution in [3.63, 3.8) is 0 Å². The quantitative estimate of drug-likeness (QED) is 0.545. The Morgan fingerprint density at radius 3 is 2.18 bits per heavy atom. The number of carbonyl (C=O) groups excluding carboxylic acids is 1. The average Bonchev–Trinajstić information content (AvgIpc) is 2.75. The number of nitrogens with zero attached hydrogens (tertiary/aromatic N) is 3. The van der Waals surface area contributed by atoms with Crippen molar-refractivity contribution in [2.45, 2.75) is 38.6 Å². The largest absolute Gasteiger partial charge is 0.696 e. The van der Waals surface area contributed by atoms with E-state index in [1.807, 2.05) is 30.0 Å². The van der Waals surface area contributed by atoms with Gasteiger partial charge in [0.1, 0.15) is 0 Å². The van der Waals surface area contributed by atoms with Crippen molar-refractivity contribution in [2.24, 2.45) is 0 Å². The van der Waals surface area contributed by atoms with E-state index in [2.05, 4.69) is 60.0 Å². The van der Waals surface area contributed by atoms with E-state index in [-0.39, 0.29) is 5.91 Å². The fourth-order valence-corrected chi connectivity index (χ4v) is 3.65. The minimum Gasteiger partial charge on any atom is -0.696 e. The summed E-state index contributed by atoms with van der Waals surface area (Å²) in [6.45, 7) is 5.19. The molecule has 0 spiro atoms. The maximum Gasteiger partial charge on any atom is 0.226 e. The number of likely N-dealkylation sites (tertiary alicyclic amines) is 1. The highest BCUT2D eigenvalue weighted by molar-refractivity contribution is 7.64. The Morgan fingerprint density at radius 1 is 1.11 bits per heavy atom. The number of piperidine rings is 1. The highest BCUT2D eigenvalue weighted by Crippen LogP contribution is 2.24. The third-order valence-electron chi connectivity index (χ3n) is 5.09. The molecule has 1 saturated heterocycles. The molecular weight excluding hydrogens is 366 g/mol. The molecule has 4 nitrogen and oxygen atoms in total. The van der Waals surface area contributed by atoms with E-state index in [1.165, 1.54) is 11.0 Å². The first-order valence-electron chi connectivity index (χ1n) is 9.84. The van der Waals surface area contributed by atoms with E-state index in [9.17, 15) is 4.79 Å². The molecule has 0 aromatic heterocycles. The molecular formula is C23H28N3OS-. The fourth-order valence-electron chi connectivity index (χ4n) is 3.65. The van der Waals surface area contributed by atoms with Crippen LogP contribution in [-0.2, 0) is 23.8 Å². The number of nitriles is 1. The number of thiocyanates is 1. The van der Waals surface area contributed by atoms with Crippen LogP contribution in [0, 0.1) is 10.7 Å². The Labute approximate surface area is 174 Å². The maximum absolute atomic E-state index is 12.5. The number of para-hydroxylation sites is 1. The van der Waals surface area contributed by atoms with Crippen LogP contribution in [0.25, 0.3) is 0 Å². The first-order valence-corrected chi connectivity index (χ1v) is 10.2. The number of carbonyl (C=O) groups is 1. The van der Waals surface area contributed by atoms with Gasteiger partial charge in [-0.2, -0.15) is 0 Å². The molecule has 0 aliphatic carbocycles. The van der Waals surface area contributed by atoms with Gasteiger partial charge < -0.3 is 22.4 Å². The van der Waals surface area contributed by atoms with Crippen molar-refractivity contribution in [3.8, 4) is 5.40 Å². The van der Waals surface area contributed by atoms with Gasteiger partial charge in [-0.05, 0) is 37.0 Å². The molecule has 1 heterocycles. The van der Waals surface area contributed by atoms with Gasteiger partial charge in [0.15, 0.2) is 0 Å². The van der Waals surface area contributed by atoms with Crippen LogP contribution in [0.4, 0.5) is 5.69 Å². The molecule has 1 fully saturated rings. The summed E-state index contributed by atoms with van der Waals surface area (Å²) in [6.07, 6.45) is 3.76. The molecule has 3 rings (SSSR count). The first kappa shape index (κ1) is 21.9. The van der Waals surface area contributed by atoms with Gasteiger partial charge in [0.2, 0.25) is 5.91 Å². The van der Waals surface area contributed by atoms with Gasteiger partial charge in [-0.3, -0.25) is 4.79 Å². The lowest BCUT2D eigenvalue weighted by molar-refractivity contribution is -0.119. The van der Waals surface area contributed by atoms with Gasteiger partial charge in [-0.25, -0.2) is 5.26 Å². The molecule has 0 unspecified atom stereocenters. The van der Waals surface area contributed by atoms with Gasteiger partial charge in [-0.1, -0.05) is 60.9 Å². The molecule has 0 N–H and O–H groups in total. The summed E-state index contributed by atoms with van der Waals surface area (Å²) < 4.78 is 0. The van der Waals surface area contributed by atoms with Gasteiger partial charge >= 0.3 is 0 Å². The number of hydrogen-bond acceptors (Lipinski definition) is 4. The molecule has 0 bridgehead atoms. The predicted molar refractivity (Wildman–Crippen MR) is 117 cm³/mol. The third-order valence-corrected chi connectivity index (χ3v) is 5.09. The number of amides is 1. The number of anilines is 1. The second-order valence-corrected chi connectivity index (χ2v) is 7.04. The summed E-state index contributed by atoms with van der Waals surface area (Å²) in [6, 6.07) is 21.1. The lowest BCUT2D eigenvalue weighted by Crippen LogP contribution is -2.47. The zero-order valence-electron chi connectivity index (χ0n) is 16.5. The minimum absolute atomic E-state index is 0.230. The SMILES string of the molecule is CCC(=O)N(c1ccccc1)C1CCN(CCc2ccccc2)CC1.N#C[S-]. The minimum atomic E-state index is 0.230. The summed E-state index contributed by atoms with van der Waals surface area (Å²) in [7, 11) is 0. The third kappa shape index (κ3) is 6.63. The number of benzene rings is 2. The molecule has 1 aliphatic heterocycles. The topological polar surface area (TPSA) is 47.3 Å². The average molecular weight is 395 g/mol. The van der Waals surface area contributed by atoms with Gasteiger partial charge in [0.25, 0.3) is 0 Å². The van der Waals surface area contributed by atoms with Gasteiger partial charge in [-0.15, -0.1) is 0 Å². The van der Waals surface area contributed by atoms with E-state index < -0.39 is 0 Å². The second-order valence-electron chi connectivity index (χ2n) is 6.85. The molecule has 1 aliphatic rings. The monoisotopic (exact) mass is 394 g/mol. The molecule has 2 aromatic carbocycles. The first-order chi connectivity index (χ1) is 13.7. The Balaban J connectivity index is 0.000000878. The Hall–Kier alpha value is -2.42. The number of rotatable bonds is 6. The van der Waals surface area contributed by atoms with Crippen LogP contribution >= 0.6 is 0 Å². The van der Waals surface area contributed by atoms with Crippen LogP contribution < -0.4 is 4.90 Å². The maximum atomic E-state index is 12.5. The van der Waals surface area contributed by atoms with E-state index in [0.717, 1.165) is 44.6 Å². The van der Waals surface area contributed by atoms with E-state index in [0.29, 0.717) is 12.5 Å². The summed E-state index contributed by atoms with van der Waals surface area (Å²) in [4.78, 5) is 17.1. The van der Waals surface area contributed by atoms with E-state index in [4.69, 9.17) is 5.26 Å². The Bertz CT molecular complexity index is 737. The van der Waals surface area contributed by atoms with Crippen molar-refractivity contribution in [3.05, 3.63) is 66.2 Å². The number of hydrogen-bond donors (Lipinski definition) is 0. The molecule has 28 heavy (non-hydrogen) atoms. The highest BCUT2D eigenvalue weighted by Gasteiger charge is 2.28. The molecule has 148 valence electrons. The van der Waals surface area contributed by atoms with Crippen molar-refractivity contribution in [1.29, 1.82) is 5.26 Å². The van der Waals surface area contributed by atoms with Crippen molar-refractivity contribution in [1.82, 2.24) is 4.90 Å². The Kier molecular flexibility index (Phi) is 9.47. The Morgan fingerprint density at radius 2 is 1.64 bits per heavy atom. The second kappa shape index (κ2) is 12.1. The predicted octanol–water partition coefficient (Wildman–Crippen LogP) is 4.15. The van der Waals surface area contributed by atoms with Gasteiger partial charge in [0.05, 0.1) is 0 Å². The fraction of sp³-hybridized carbons (Fsp3) is 0.391. The molecule has 1 amide bonds. The van der Waals surface area contributed by atoms with Crippen molar-refractivity contribution < 1.29 is 4.79 Å². The highest BCUT2D eigenvalue weighted by atomic mass is 32.1. The van der Waals surface area contributed by atoms with Crippen molar-refractivity contribution >= 4 is 24.2 Å². The molecule has 0 atom stereocenters. The molecule has 5 heteroatoms. The van der Waals surface area contributed by atoms with Crippen LogP contribution in [0.2, 0.25) is 0 Å². The van der Waals surface area contributed by atoms with E-state index >= 15 is 0 Å². The zero-order valence-corrected chi connectivity index (χ0v) is 17.3. The smallest absolute Gasteiger partial charge is 0.226 e. The normalized spacial score (nSPS) is 14.4. The van der Waals surface area contributed by atoms with Crippen molar-refractivity contribution in [2.75, 3.05) is 24.5 Å². The lowest BCUT2D eigenvalue weighted by atomic mass is 10.0. The lowest BCUT2D eigenvalue weighted by Gasteiger charge is -2.38. The molecule has 2 aromatic rings. The van der Waals surface area contributed by atoms with E-state index in [1.54, 1.807) is 0 Å². The summed E-state index contributed by atoms with van der Waals surface area (Å²) in [5.74, 6) is 0.230. The van der Waals surface area contributed by atoms with Crippen LogP contribution in [0.3, 0.4) is 0 Å². The summed E-state index contributed by atoms with van der Waals surface area (Å²) in [5, 5.41) is 8.47. The van der Waals surface area contributed by atoms with Crippen LogP contribution in [-0.4, -0.2) is 36.5 Å². The standard InChI is InChI=1S/C22H28N2O.CHNS/c1-2-22(25)24(20-11-7-4-8-12-20)21-14-17-23(18-15-21)16-13-19-9-5-3-6-10-19;2-1-3/h3-12,21H,2,13-18H2,1H3;3H/p-1. The molecule has 0 saturated carbocycles. The van der Waals surface area contributed by atoms with Crippen LogP contribution in [0.5, 0.6) is 0 Å². The van der Waals surface area contributed by atoms with Gasteiger partial charge in [0, 0.05) is 37.8 Å². The zero-order chi connectivity index (χ0) is 20.2. The summed E-state index contributed by atoms with van der Waals surface area (Å²) in [5.41, 5.74) is 2.44.